The van der Waals surface area contributed by atoms with Crippen LogP contribution in [0, 0.1) is 6.92 Å². The first-order chi connectivity index (χ1) is 19.4. The second kappa shape index (κ2) is 10.4. The Bertz CT molecular complexity index is 1660. The number of carbonyl (C=O) groups excluding carboxylic acids is 3. The maximum absolute atomic E-state index is 13.5. The first-order valence-electron chi connectivity index (χ1n) is 12.7. The molecule has 0 bridgehead atoms. The molecule has 0 unspecified atom stereocenters. The fourth-order valence-corrected chi connectivity index (χ4v) is 6.17. The minimum absolute atomic E-state index is 0.178. The van der Waals surface area contributed by atoms with Crippen LogP contribution in [-0.2, 0) is 4.79 Å². The van der Waals surface area contributed by atoms with E-state index in [1.54, 1.807) is 47.8 Å². The lowest BCUT2D eigenvalue weighted by Crippen LogP contribution is -2.48. The molecule has 11 nitrogen and oxygen atoms in total. The van der Waals surface area contributed by atoms with Crippen molar-refractivity contribution in [3.8, 4) is 11.8 Å². The maximum Gasteiger partial charge on any atom is 0.331 e. The van der Waals surface area contributed by atoms with E-state index >= 15 is 0 Å². The molecule has 40 heavy (non-hydrogen) atoms. The zero-order valence-electron chi connectivity index (χ0n) is 21.5. The van der Waals surface area contributed by atoms with Crippen LogP contribution in [0.1, 0.15) is 34.5 Å². The highest BCUT2D eigenvalue weighted by Gasteiger charge is 2.35. The Balaban J connectivity index is 1.30. The highest BCUT2D eigenvalue weighted by atomic mass is 32.1. The van der Waals surface area contributed by atoms with Gasteiger partial charge >= 0.3 is 12.0 Å². The highest BCUT2D eigenvalue weighted by Crippen LogP contribution is 2.46. The van der Waals surface area contributed by atoms with Crippen molar-refractivity contribution in [2.45, 2.75) is 38.3 Å². The molecule has 0 radical (unpaired) electrons. The molecule has 1 aliphatic heterocycles. The van der Waals surface area contributed by atoms with Crippen molar-refractivity contribution in [2.24, 2.45) is 0 Å². The number of rotatable bonds is 7. The van der Waals surface area contributed by atoms with Crippen LogP contribution < -0.4 is 25.6 Å². The summed E-state index contributed by atoms with van der Waals surface area (Å²) in [5.41, 5.74) is 2.50. The molecular weight excluding hydrogens is 530 g/mol. The van der Waals surface area contributed by atoms with Crippen LogP contribution in [0.2, 0.25) is 0 Å². The number of thiophene rings is 1. The minimum atomic E-state index is -0.396. The van der Waals surface area contributed by atoms with E-state index in [0.717, 1.165) is 24.8 Å². The van der Waals surface area contributed by atoms with Gasteiger partial charge in [0, 0.05) is 30.7 Å². The Labute approximate surface area is 233 Å². The molecule has 3 aromatic heterocycles. The van der Waals surface area contributed by atoms with Crippen molar-refractivity contribution < 1.29 is 19.1 Å². The van der Waals surface area contributed by atoms with Crippen LogP contribution in [0.15, 0.2) is 61.6 Å². The van der Waals surface area contributed by atoms with Crippen LogP contribution in [0.3, 0.4) is 0 Å². The molecule has 202 valence electrons. The second-order valence-corrected chi connectivity index (χ2v) is 10.5. The molecule has 6 rings (SSSR count). The van der Waals surface area contributed by atoms with Crippen molar-refractivity contribution in [3.63, 3.8) is 0 Å². The SMILES string of the molecule is C=CC(=O)N[C@H]1CCC[C@H]1NC(=O)c1sc2nccc3c2c1NC(=O)N3c1ccc(Oc2ncccn2)cc1C. The van der Waals surface area contributed by atoms with Gasteiger partial charge in [0.05, 0.1) is 22.4 Å². The minimum Gasteiger partial charge on any atom is -0.424 e. The number of pyridine rings is 1. The number of benzene rings is 1. The topological polar surface area (TPSA) is 138 Å². The third-order valence-electron chi connectivity index (χ3n) is 6.96. The van der Waals surface area contributed by atoms with Crippen LogP contribution in [-0.4, -0.2) is 44.9 Å². The molecule has 4 amide bonds. The maximum atomic E-state index is 13.5. The van der Waals surface area contributed by atoms with E-state index in [1.807, 2.05) is 13.0 Å². The standard InChI is InChI=1S/C28H25N7O4S/c1-3-21(36)32-17-6-4-7-18(17)33-25(37)24-23-22-20(10-13-29-26(22)40-24)35(28(38)34-23)19-9-8-16(14-15(19)2)39-27-30-11-5-12-31-27/h3,5,8-14,17-18H,1,4,6-7H2,2H3,(H,32,36)(H,33,37)(H,34,38)/t17-,18+/m0/s1. The predicted octanol–water partition coefficient (Wildman–Crippen LogP) is 4.82. The summed E-state index contributed by atoms with van der Waals surface area (Å²) in [6, 6.07) is 8.24. The number of nitrogens with one attached hydrogen (secondary N) is 3. The van der Waals surface area contributed by atoms with Crippen molar-refractivity contribution in [1.82, 2.24) is 25.6 Å². The first-order valence-corrected chi connectivity index (χ1v) is 13.6. The number of anilines is 3. The number of aryl methyl sites for hydroxylation is 1. The average molecular weight is 556 g/mol. The van der Waals surface area contributed by atoms with Crippen molar-refractivity contribution in [1.29, 1.82) is 0 Å². The van der Waals surface area contributed by atoms with Crippen molar-refractivity contribution in [2.75, 3.05) is 10.2 Å². The van der Waals surface area contributed by atoms with Crippen LogP contribution in [0.4, 0.5) is 21.9 Å². The molecule has 0 spiro atoms. The van der Waals surface area contributed by atoms with Gasteiger partial charge in [0.25, 0.3) is 5.91 Å². The van der Waals surface area contributed by atoms with Crippen LogP contribution in [0.25, 0.3) is 10.2 Å². The van der Waals surface area contributed by atoms with Gasteiger partial charge in [-0.25, -0.2) is 19.7 Å². The third kappa shape index (κ3) is 4.62. The first kappa shape index (κ1) is 25.4. The quantitative estimate of drug-likeness (QED) is 0.278. The molecule has 1 aliphatic carbocycles. The number of carbonyl (C=O) groups is 3. The third-order valence-corrected chi connectivity index (χ3v) is 8.05. The Kier molecular flexibility index (Phi) is 6.60. The number of nitrogens with zero attached hydrogens (tertiary/aromatic N) is 4. The van der Waals surface area contributed by atoms with Gasteiger partial charge in [0.1, 0.15) is 15.5 Å². The summed E-state index contributed by atoms with van der Waals surface area (Å²) in [5.74, 6) is -0.0507. The normalized spacial score (nSPS) is 17.8. The van der Waals surface area contributed by atoms with Crippen molar-refractivity contribution in [3.05, 3.63) is 72.0 Å². The fraction of sp³-hybridized carbons (Fsp3) is 0.214. The van der Waals surface area contributed by atoms with E-state index in [2.05, 4.69) is 37.5 Å². The number of urea groups is 1. The lowest BCUT2D eigenvalue weighted by atomic mass is 10.1. The van der Waals surface area contributed by atoms with Gasteiger partial charge in [-0.05, 0) is 68.2 Å². The van der Waals surface area contributed by atoms with E-state index in [4.69, 9.17) is 4.74 Å². The summed E-state index contributed by atoms with van der Waals surface area (Å²) in [4.78, 5) is 54.0. The van der Waals surface area contributed by atoms with Gasteiger partial charge in [-0.3, -0.25) is 14.5 Å². The lowest BCUT2D eigenvalue weighted by Gasteiger charge is -2.29. The smallest absolute Gasteiger partial charge is 0.331 e. The van der Waals surface area contributed by atoms with E-state index in [9.17, 15) is 14.4 Å². The summed E-state index contributed by atoms with van der Waals surface area (Å²) in [7, 11) is 0. The number of ether oxygens (including phenoxy) is 1. The average Bonchev–Trinajstić information content (AvgIpc) is 3.55. The zero-order chi connectivity index (χ0) is 27.8. The van der Waals surface area contributed by atoms with Gasteiger partial charge in [0.15, 0.2) is 0 Å². The zero-order valence-corrected chi connectivity index (χ0v) is 22.3. The molecule has 1 aromatic carbocycles. The molecule has 2 aliphatic rings. The highest BCUT2D eigenvalue weighted by molar-refractivity contribution is 7.21. The molecule has 12 heteroatoms. The van der Waals surface area contributed by atoms with E-state index in [1.165, 1.54) is 17.4 Å². The number of hydrogen-bond acceptors (Lipinski definition) is 8. The predicted molar refractivity (Wildman–Crippen MR) is 151 cm³/mol. The summed E-state index contributed by atoms with van der Waals surface area (Å²) in [5, 5.41) is 9.56. The van der Waals surface area contributed by atoms with E-state index in [-0.39, 0.29) is 29.9 Å². The number of hydrogen-bond donors (Lipinski definition) is 3. The van der Waals surface area contributed by atoms with Crippen molar-refractivity contribution >= 4 is 56.5 Å². The largest absolute Gasteiger partial charge is 0.424 e. The molecule has 3 N–H and O–H groups in total. The molecular formula is C28H25N7O4S. The van der Waals surface area contributed by atoms with E-state index < -0.39 is 6.03 Å². The Hall–Kier alpha value is -4.84. The van der Waals surface area contributed by atoms with Gasteiger partial charge in [-0.1, -0.05) is 6.58 Å². The second-order valence-electron chi connectivity index (χ2n) is 9.49. The Morgan fingerprint density at radius 2 is 1.88 bits per heavy atom. The van der Waals surface area contributed by atoms with Gasteiger partial charge in [-0.2, -0.15) is 0 Å². The fourth-order valence-electron chi connectivity index (χ4n) is 5.15. The molecule has 4 heterocycles. The Morgan fingerprint density at radius 3 is 2.62 bits per heavy atom. The summed E-state index contributed by atoms with van der Waals surface area (Å²) in [6.07, 6.45) is 8.43. The Morgan fingerprint density at radius 1 is 1.10 bits per heavy atom. The van der Waals surface area contributed by atoms with Crippen LogP contribution >= 0.6 is 11.3 Å². The molecule has 0 saturated heterocycles. The van der Waals surface area contributed by atoms with Gasteiger partial charge in [0.2, 0.25) is 5.91 Å². The lowest BCUT2D eigenvalue weighted by molar-refractivity contribution is -0.117. The summed E-state index contributed by atoms with van der Waals surface area (Å²) in [6.45, 7) is 5.38. The molecule has 2 atom stereocenters. The summed E-state index contributed by atoms with van der Waals surface area (Å²) < 4.78 is 5.74. The number of aromatic nitrogens is 3. The molecule has 4 aromatic rings. The monoisotopic (exact) mass is 555 g/mol. The van der Waals surface area contributed by atoms with Gasteiger partial charge in [-0.15, -0.1) is 11.3 Å². The van der Waals surface area contributed by atoms with Gasteiger partial charge < -0.3 is 20.7 Å². The summed E-state index contributed by atoms with van der Waals surface area (Å²) >= 11 is 1.22. The van der Waals surface area contributed by atoms with E-state index in [0.29, 0.717) is 37.9 Å². The molecule has 1 fully saturated rings. The van der Waals surface area contributed by atoms with Crippen LogP contribution in [0.5, 0.6) is 11.8 Å². The molecule has 1 saturated carbocycles. The number of amides is 4.